The van der Waals surface area contributed by atoms with Gasteiger partial charge < -0.3 is 19.3 Å². The van der Waals surface area contributed by atoms with E-state index in [4.69, 9.17) is 4.74 Å². The molecule has 5 heteroatoms. The van der Waals surface area contributed by atoms with Crippen molar-refractivity contribution in [1.82, 2.24) is 9.80 Å². The highest BCUT2D eigenvalue weighted by molar-refractivity contribution is 5.70. The second-order valence-electron chi connectivity index (χ2n) is 3.04. The highest BCUT2D eigenvalue weighted by Gasteiger charge is 2.25. The molecule has 1 unspecified atom stereocenters. The van der Waals surface area contributed by atoms with E-state index in [1.165, 1.54) is 7.11 Å². The number of carbonyl (C=O) groups excluding carboxylic acids is 1. The lowest BCUT2D eigenvalue weighted by Gasteiger charge is -2.28. The zero-order valence-electron chi connectivity index (χ0n) is 8.77. The molecule has 1 rings (SSSR count). The summed E-state index contributed by atoms with van der Waals surface area (Å²) in [7, 11) is 3.33. The van der Waals surface area contributed by atoms with E-state index in [0.29, 0.717) is 0 Å². The van der Waals surface area contributed by atoms with Crippen molar-refractivity contribution in [3.05, 3.63) is 12.4 Å². The summed E-state index contributed by atoms with van der Waals surface area (Å²) < 4.78 is 9.88. The largest absolute Gasteiger partial charge is 0.421 e. The van der Waals surface area contributed by atoms with Crippen LogP contribution in [-0.4, -0.2) is 49.4 Å². The van der Waals surface area contributed by atoms with Crippen LogP contribution in [0.15, 0.2) is 12.4 Å². The first-order valence-electron chi connectivity index (χ1n) is 4.53. The van der Waals surface area contributed by atoms with Crippen LogP contribution in [0.2, 0.25) is 0 Å². The highest BCUT2D eigenvalue weighted by atomic mass is 16.6. The molecule has 0 aromatic carbocycles. The van der Waals surface area contributed by atoms with Gasteiger partial charge in [0.15, 0.2) is 0 Å². The van der Waals surface area contributed by atoms with Crippen LogP contribution in [0, 0.1) is 0 Å². The molecule has 0 aromatic rings. The van der Waals surface area contributed by atoms with Crippen LogP contribution < -0.4 is 0 Å². The van der Waals surface area contributed by atoms with Gasteiger partial charge in [0, 0.05) is 33.1 Å². The number of esters is 1. The molecule has 0 radical (unpaired) electrons. The lowest BCUT2D eigenvalue weighted by molar-refractivity contribution is -0.170. The summed E-state index contributed by atoms with van der Waals surface area (Å²) >= 11 is 0. The molecule has 1 aliphatic rings. The maximum absolute atomic E-state index is 11.2. The fraction of sp³-hybridized carbons (Fsp3) is 0.667. The van der Waals surface area contributed by atoms with E-state index in [1.54, 1.807) is 0 Å². The van der Waals surface area contributed by atoms with Crippen LogP contribution in [-0.2, 0) is 14.3 Å². The Morgan fingerprint density at radius 3 is 2.79 bits per heavy atom. The van der Waals surface area contributed by atoms with Gasteiger partial charge in [0.25, 0.3) is 6.35 Å². The first kappa shape index (κ1) is 10.8. The van der Waals surface area contributed by atoms with Crippen LogP contribution in [0.3, 0.4) is 0 Å². The SMILES string of the molecule is CCN1C=CN(C)C1OC(=O)COC. The third-order valence-corrected chi connectivity index (χ3v) is 1.99. The van der Waals surface area contributed by atoms with Crippen molar-refractivity contribution in [2.75, 3.05) is 27.3 Å². The van der Waals surface area contributed by atoms with Gasteiger partial charge in [0.2, 0.25) is 0 Å². The molecule has 0 aromatic heterocycles. The number of nitrogens with zero attached hydrogens (tertiary/aromatic N) is 2. The first-order chi connectivity index (χ1) is 6.69. The van der Waals surface area contributed by atoms with Gasteiger partial charge in [-0.1, -0.05) is 0 Å². The fourth-order valence-electron chi connectivity index (χ4n) is 1.25. The number of rotatable bonds is 4. The van der Waals surface area contributed by atoms with Crippen molar-refractivity contribution in [3.63, 3.8) is 0 Å². The molecule has 0 bridgehead atoms. The summed E-state index contributed by atoms with van der Waals surface area (Å²) in [6, 6.07) is 0. The van der Waals surface area contributed by atoms with Crippen molar-refractivity contribution in [1.29, 1.82) is 0 Å². The van der Waals surface area contributed by atoms with E-state index in [2.05, 4.69) is 4.74 Å². The molecular weight excluding hydrogens is 184 g/mol. The number of hydrogen-bond donors (Lipinski definition) is 0. The summed E-state index contributed by atoms with van der Waals surface area (Å²) in [4.78, 5) is 14.9. The molecule has 1 aliphatic heterocycles. The average molecular weight is 200 g/mol. The molecule has 1 heterocycles. The van der Waals surface area contributed by atoms with Crippen LogP contribution in [0.4, 0.5) is 0 Å². The first-order valence-corrected chi connectivity index (χ1v) is 4.53. The zero-order chi connectivity index (χ0) is 10.6. The Morgan fingerprint density at radius 2 is 2.21 bits per heavy atom. The molecule has 0 spiro atoms. The lowest BCUT2D eigenvalue weighted by atomic mass is 10.6. The van der Waals surface area contributed by atoms with Gasteiger partial charge in [-0.25, -0.2) is 4.79 Å². The minimum Gasteiger partial charge on any atom is -0.421 e. The molecule has 0 N–H and O–H groups in total. The van der Waals surface area contributed by atoms with Crippen molar-refractivity contribution < 1.29 is 14.3 Å². The Hall–Kier alpha value is -1.23. The Kier molecular flexibility index (Phi) is 3.76. The minimum atomic E-state index is -0.355. The monoisotopic (exact) mass is 200 g/mol. The quantitative estimate of drug-likeness (QED) is 0.606. The van der Waals surface area contributed by atoms with Crippen LogP contribution in [0.1, 0.15) is 6.92 Å². The number of hydrogen-bond acceptors (Lipinski definition) is 5. The van der Waals surface area contributed by atoms with E-state index in [0.717, 1.165) is 6.54 Å². The smallest absolute Gasteiger partial charge is 0.335 e. The van der Waals surface area contributed by atoms with Crippen molar-refractivity contribution in [3.8, 4) is 0 Å². The zero-order valence-corrected chi connectivity index (χ0v) is 8.77. The van der Waals surface area contributed by atoms with Crippen molar-refractivity contribution in [2.24, 2.45) is 0 Å². The maximum Gasteiger partial charge on any atom is 0.335 e. The van der Waals surface area contributed by atoms with E-state index in [1.807, 2.05) is 36.2 Å². The molecule has 80 valence electrons. The third kappa shape index (κ3) is 2.38. The average Bonchev–Trinajstić information content (AvgIpc) is 2.48. The normalized spacial score (nSPS) is 20.4. The van der Waals surface area contributed by atoms with Gasteiger partial charge in [0.05, 0.1) is 0 Å². The lowest BCUT2D eigenvalue weighted by Crippen LogP contribution is -2.41. The van der Waals surface area contributed by atoms with E-state index < -0.39 is 0 Å². The predicted octanol–water partition coefficient (Wildman–Crippen LogP) is 0.198. The molecule has 0 fully saturated rings. The second-order valence-corrected chi connectivity index (χ2v) is 3.04. The minimum absolute atomic E-state index is 0.0120. The number of methoxy groups -OCH3 is 1. The Morgan fingerprint density at radius 1 is 1.50 bits per heavy atom. The Labute approximate surface area is 83.9 Å². The number of carbonyl (C=O) groups is 1. The molecule has 0 saturated carbocycles. The van der Waals surface area contributed by atoms with Gasteiger partial charge in [-0.05, 0) is 6.92 Å². The van der Waals surface area contributed by atoms with E-state index in [-0.39, 0.29) is 18.9 Å². The topological polar surface area (TPSA) is 42.0 Å². The van der Waals surface area contributed by atoms with Crippen molar-refractivity contribution >= 4 is 5.97 Å². The third-order valence-electron chi connectivity index (χ3n) is 1.99. The molecule has 5 nitrogen and oxygen atoms in total. The Bertz CT molecular complexity index is 230. The van der Waals surface area contributed by atoms with Crippen LogP contribution >= 0.6 is 0 Å². The summed E-state index contributed by atoms with van der Waals surface area (Å²) in [5, 5.41) is 0. The number of ether oxygens (including phenoxy) is 2. The molecule has 14 heavy (non-hydrogen) atoms. The highest BCUT2D eigenvalue weighted by Crippen LogP contribution is 2.14. The van der Waals surface area contributed by atoms with Gasteiger partial charge in [-0.2, -0.15) is 0 Å². The fourth-order valence-corrected chi connectivity index (χ4v) is 1.25. The van der Waals surface area contributed by atoms with Crippen molar-refractivity contribution in [2.45, 2.75) is 13.3 Å². The summed E-state index contributed by atoms with van der Waals surface area (Å²) in [5.74, 6) is -0.355. The van der Waals surface area contributed by atoms with Crippen LogP contribution in [0.5, 0.6) is 0 Å². The molecular formula is C9H16N2O3. The van der Waals surface area contributed by atoms with Gasteiger partial charge >= 0.3 is 5.97 Å². The van der Waals surface area contributed by atoms with Gasteiger partial charge in [0.1, 0.15) is 6.61 Å². The van der Waals surface area contributed by atoms with E-state index in [9.17, 15) is 4.79 Å². The van der Waals surface area contributed by atoms with E-state index >= 15 is 0 Å². The maximum atomic E-state index is 11.2. The van der Waals surface area contributed by atoms with Gasteiger partial charge in [-0.3, -0.25) is 0 Å². The summed E-state index contributed by atoms with van der Waals surface area (Å²) in [6.07, 6.45) is 3.43. The Balaban J connectivity index is 2.46. The molecule has 0 saturated heterocycles. The molecule has 0 amide bonds. The van der Waals surface area contributed by atoms with Crippen LogP contribution in [0.25, 0.3) is 0 Å². The molecule has 1 atom stereocenters. The predicted molar refractivity (Wildman–Crippen MR) is 51.0 cm³/mol. The van der Waals surface area contributed by atoms with Gasteiger partial charge in [-0.15, -0.1) is 0 Å². The summed E-state index contributed by atoms with van der Waals surface area (Å²) in [6.45, 7) is 2.79. The molecule has 0 aliphatic carbocycles. The second kappa shape index (κ2) is 4.85. The standard InChI is InChI=1S/C9H16N2O3/c1-4-11-6-5-10(2)9(11)14-8(12)7-13-3/h5-6,9H,4,7H2,1-3H3. The summed E-state index contributed by atoms with van der Waals surface area (Å²) in [5.41, 5.74) is 0.